The molecule has 2 rings (SSSR count). The summed E-state index contributed by atoms with van der Waals surface area (Å²) in [6, 6.07) is 0. The van der Waals surface area contributed by atoms with Gasteiger partial charge in [-0.25, -0.2) is 0 Å². The summed E-state index contributed by atoms with van der Waals surface area (Å²) < 4.78 is 0. The van der Waals surface area contributed by atoms with Crippen molar-refractivity contribution in [2.75, 3.05) is 37.7 Å². The second-order valence-electron chi connectivity index (χ2n) is 4.07. The second-order valence-corrected chi connectivity index (χ2v) is 5.30. The molecule has 2 saturated heterocycles. The molecule has 0 atom stereocenters. The number of hydrogen-bond acceptors (Lipinski definition) is 3. The smallest absolute Gasteiger partial charge is 0.236 e. The van der Waals surface area contributed by atoms with Crippen molar-refractivity contribution in [3.8, 4) is 0 Å². The molecule has 2 aliphatic rings. The van der Waals surface area contributed by atoms with E-state index < -0.39 is 0 Å². The van der Waals surface area contributed by atoms with E-state index >= 15 is 0 Å². The van der Waals surface area contributed by atoms with Crippen LogP contribution in [0.4, 0.5) is 0 Å². The first-order chi connectivity index (χ1) is 6.86. The number of amides is 1. The van der Waals surface area contributed by atoms with E-state index in [-0.39, 0.29) is 5.91 Å². The molecule has 0 aliphatic carbocycles. The monoisotopic (exact) mass is 214 g/mol. The standard InChI is InChI=1S/C10H18N2OS/c13-10-7-11-3-4-12(10)8-9-1-5-14-6-2-9/h9,11H,1-8H2. The summed E-state index contributed by atoms with van der Waals surface area (Å²) in [6.07, 6.45) is 2.59. The van der Waals surface area contributed by atoms with Gasteiger partial charge in [-0.2, -0.15) is 11.8 Å². The van der Waals surface area contributed by atoms with Gasteiger partial charge >= 0.3 is 0 Å². The van der Waals surface area contributed by atoms with Crippen LogP contribution in [-0.2, 0) is 4.79 Å². The van der Waals surface area contributed by atoms with Crippen molar-refractivity contribution in [1.29, 1.82) is 0 Å². The van der Waals surface area contributed by atoms with Gasteiger partial charge in [0, 0.05) is 19.6 Å². The van der Waals surface area contributed by atoms with Crippen molar-refractivity contribution < 1.29 is 4.79 Å². The van der Waals surface area contributed by atoms with Gasteiger partial charge in [-0.05, 0) is 30.3 Å². The normalized spacial score (nSPS) is 25.4. The predicted octanol–water partition coefficient (Wildman–Crippen LogP) is 0.561. The van der Waals surface area contributed by atoms with Crippen LogP contribution >= 0.6 is 11.8 Å². The Kier molecular flexibility index (Phi) is 3.70. The predicted molar refractivity (Wildman–Crippen MR) is 59.5 cm³/mol. The average molecular weight is 214 g/mol. The molecule has 0 unspecified atom stereocenters. The van der Waals surface area contributed by atoms with Gasteiger partial charge in [0.25, 0.3) is 0 Å². The number of nitrogens with one attached hydrogen (secondary N) is 1. The zero-order chi connectivity index (χ0) is 9.80. The van der Waals surface area contributed by atoms with E-state index in [9.17, 15) is 4.79 Å². The number of carbonyl (C=O) groups is 1. The van der Waals surface area contributed by atoms with Crippen LogP contribution in [0.15, 0.2) is 0 Å². The van der Waals surface area contributed by atoms with Crippen molar-refractivity contribution >= 4 is 17.7 Å². The third-order valence-electron chi connectivity index (χ3n) is 3.01. The number of carbonyl (C=O) groups excluding carboxylic acids is 1. The summed E-state index contributed by atoms with van der Waals surface area (Å²) in [6.45, 7) is 3.41. The highest BCUT2D eigenvalue weighted by molar-refractivity contribution is 7.99. The fourth-order valence-electron chi connectivity index (χ4n) is 2.08. The summed E-state index contributed by atoms with van der Waals surface area (Å²) in [4.78, 5) is 13.6. The number of hydrogen-bond donors (Lipinski definition) is 1. The summed E-state index contributed by atoms with van der Waals surface area (Å²) in [5.41, 5.74) is 0. The molecule has 1 amide bonds. The highest BCUT2D eigenvalue weighted by Crippen LogP contribution is 2.23. The van der Waals surface area contributed by atoms with Gasteiger partial charge in [0.05, 0.1) is 6.54 Å². The van der Waals surface area contributed by atoms with Crippen LogP contribution < -0.4 is 5.32 Å². The molecule has 4 heteroatoms. The SMILES string of the molecule is O=C1CNCCN1CC1CCSCC1. The number of piperazine rings is 1. The molecular weight excluding hydrogens is 196 g/mol. The summed E-state index contributed by atoms with van der Waals surface area (Å²) in [5.74, 6) is 3.61. The van der Waals surface area contributed by atoms with Crippen LogP contribution in [0.2, 0.25) is 0 Å². The molecule has 1 N–H and O–H groups in total. The van der Waals surface area contributed by atoms with Crippen molar-refractivity contribution in [3.05, 3.63) is 0 Å². The van der Waals surface area contributed by atoms with Crippen molar-refractivity contribution in [1.82, 2.24) is 10.2 Å². The first kappa shape index (κ1) is 10.3. The van der Waals surface area contributed by atoms with Crippen molar-refractivity contribution in [3.63, 3.8) is 0 Å². The second kappa shape index (κ2) is 5.03. The highest BCUT2D eigenvalue weighted by atomic mass is 32.2. The minimum Gasteiger partial charge on any atom is -0.340 e. The average Bonchev–Trinajstić information content (AvgIpc) is 2.23. The van der Waals surface area contributed by atoms with Gasteiger partial charge in [0.1, 0.15) is 0 Å². The van der Waals surface area contributed by atoms with Gasteiger partial charge < -0.3 is 10.2 Å². The van der Waals surface area contributed by atoms with Crippen LogP contribution in [0.5, 0.6) is 0 Å². The Balaban J connectivity index is 1.79. The van der Waals surface area contributed by atoms with Crippen LogP contribution in [0, 0.1) is 5.92 Å². The highest BCUT2D eigenvalue weighted by Gasteiger charge is 2.22. The van der Waals surface area contributed by atoms with Gasteiger partial charge in [0.2, 0.25) is 5.91 Å². The molecule has 3 nitrogen and oxygen atoms in total. The zero-order valence-electron chi connectivity index (χ0n) is 8.50. The zero-order valence-corrected chi connectivity index (χ0v) is 9.31. The van der Waals surface area contributed by atoms with E-state index in [4.69, 9.17) is 0 Å². The molecule has 0 bridgehead atoms. The third-order valence-corrected chi connectivity index (χ3v) is 4.06. The number of rotatable bonds is 2. The van der Waals surface area contributed by atoms with Crippen molar-refractivity contribution in [2.45, 2.75) is 12.8 Å². The molecule has 0 spiro atoms. The van der Waals surface area contributed by atoms with Crippen LogP contribution in [0.25, 0.3) is 0 Å². The fourth-order valence-corrected chi connectivity index (χ4v) is 3.28. The molecule has 0 aromatic heterocycles. The Labute approximate surface area is 89.6 Å². The fraction of sp³-hybridized carbons (Fsp3) is 0.900. The first-order valence-corrected chi connectivity index (χ1v) is 6.58. The topological polar surface area (TPSA) is 32.3 Å². The minimum absolute atomic E-state index is 0.287. The summed E-state index contributed by atoms with van der Waals surface area (Å²) >= 11 is 2.05. The molecule has 2 aliphatic heterocycles. The Morgan fingerprint density at radius 2 is 2.21 bits per heavy atom. The van der Waals surface area contributed by atoms with Gasteiger partial charge in [-0.15, -0.1) is 0 Å². The Morgan fingerprint density at radius 1 is 1.43 bits per heavy atom. The van der Waals surface area contributed by atoms with Gasteiger partial charge in [-0.1, -0.05) is 0 Å². The lowest BCUT2D eigenvalue weighted by Crippen LogP contribution is -2.49. The molecule has 0 aromatic carbocycles. The Bertz CT molecular complexity index is 204. The van der Waals surface area contributed by atoms with Crippen LogP contribution in [0.3, 0.4) is 0 Å². The molecular formula is C10H18N2OS. The quantitative estimate of drug-likeness (QED) is 0.729. The Morgan fingerprint density at radius 3 is 2.93 bits per heavy atom. The van der Waals surface area contributed by atoms with Gasteiger partial charge in [-0.3, -0.25) is 4.79 Å². The molecule has 0 radical (unpaired) electrons. The third kappa shape index (κ3) is 2.64. The van der Waals surface area contributed by atoms with E-state index in [0.717, 1.165) is 25.6 Å². The molecule has 0 saturated carbocycles. The maximum atomic E-state index is 11.5. The Hall–Kier alpha value is -0.220. The molecule has 14 heavy (non-hydrogen) atoms. The number of thioether (sulfide) groups is 1. The van der Waals surface area contributed by atoms with Gasteiger partial charge in [0.15, 0.2) is 0 Å². The molecule has 0 aromatic rings. The number of nitrogens with zero attached hydrogens (tertiary/aromatic N) is 1. The maximum Gasteiger partial charge on any atom is 0.236 e. The van der Waals surface area contributed by atoms with Crippen LogP contribution in [-0.4, -0.2) is 48.5 Å². The van der Waals surface area contributed by atoms with E-state index in [0.29, 0.717) is 6.54 Å². The summed E-state index contributed by atoms with van der Waals surface area (Å²) in [5, 5.41) is 3.11. The molecule has 2 heterocycles. The van der Waals surface area contributed by atoms with E-state index in [2.05, 4.69) is 5.32 Å². The molecule has 80 valence electrons. The largest absolute Gasteiger partial charge is 0.340 e. The van der Waals surface area contributed by atoms with E-state index in [1.54, 1.807) is 0 Å². The lowest BCUT2D eigenvalue weighted by Gasteiger charge is -2.32. The summed E-state index contributed by atoms with van der Waals surface area (Å²) in [7, 11) is 0. The lowest BCUT2D eigenvalue weighted by atomic mass is 10.0. The van der Waals surface area contributed by atoms with E-state index in [1.807, 2.05) is 16.7 Å². The lowest BCUT2D eigenvalue weighted by molar-refractivity contribution is -0.132. The van der Waals surface area contributed by atoms with Crippen molar-refractivity contribution in [2.24, 2.45) is 5.92 Å². The van der Waals surface area contributed by atoms with E-state index in [1.165, 1.54) is 24.3 Å². The van der Waals surface area contributed by atoms with Crippen LogP contribution in [0.1, 0.15) is 12.8 Å². The minimum atomic E-state index is 0.287. The molecule has 2 fully saturated rings. The first-order valence-electron chi connectivity index (χ1n) is 5.42. The maximum absolute atomic E-state index is 11.5.